The first-order chi connectivity index (χ1) is 16.1. The van der Waals surface area contributed by atoms with E-state index in [1.807, 2.05) is 13.8 Å². The topological polar surface area (TPSA) is 112 Å². The molecule has 1 saturated carbocycles. The zero-order chi connectivity index (χ0) is 24.6. The summed E-state index contributed by atoms with van der Waals surface area (Å²) in [5, 5.41) is 0.223. The van der Waals surface area contributed by atoms with Crippen molar-refractivity contribution in [1.29, 1.82) is 0 Å². The molecule has 182 valence electrons. The number of imidazole rings is 1. The summed E-state index contributed by atoms with van der Waals surface area (Å²) in [4.78, 5) is 48.7. The minimum absolute atomic E-state index is 0.0118. The Balaban J connectivity index is 1.52. The SMILES string of the molecule is CC(C)N(C(=O)c1[nH]cnc1C(N)=O)C1CCC2(CCCN(c3ccc(F)cc3Cl)C2=O)CC1. The molecule has 0 bridgehead atoms. The van der Waals surface area contributed by atoms with Crippen molar-refractivity contribution >= 4 is 35.0 Å². The lowest BCUT2D eigenvalue weighted by molar-refractivity contribution is -0.133. The number of H-pyrrole nitrogens is 1. The maximum Gasteiger partial charge on any atom is 0.273 e. The van der Waals surface area contributed by atoms with Crippen molar-refractivity contribution in [3.63, 3.8) is 0 Å². The fourth-order valence-electron chi connectivity index (χ4n) is 5.49. The van der Waals surface area contributed by atoms with Crippen molar-refractivity contribution in [3.8, 4) is 0 Å². The molecule has 8 nitrogen and oxygen atoms in total. The van der Waals surface area contributed by atoms with Gasteiger partial charge in [0.2, 0.25) is 5.91 Å². The van der Waals surface area contributed by atoms with Gasteiger partial charge in [0, 0.05) is 24.0 Å². The number of carbonyl (C=O) groups is 3. The van der Waals surface area contributed by atoms with Crippen LogP contribution in [0.3, 0.4) is 0 Å². The quantitative estimate of drug-likeness (QED) is 0.663. The van der Waals surface area contributed by atoms with Gasteiger partial charge in [-0.05, 0) is 70.6 Å². The first-order valence-electron chi connectivity index (χ1n) is 11.6. The molecule has 1 aliphatic carbocycles. The van der Waals surface area contributed by atoms with Gasteiger partial charge in [-0.2, -0.15) is 0 Å². The van der Waals surface area contributed by atoms with Crippen LogP contribution in [0.1, 0.15) is 73.3 Å². The third-order valence-corrected chi connectivity index (χ3v) is 7.42. The number of nitrogens with zero attached hydrogens (tertiary/aromatic N) is 3. The molecule has 2 heterocycles. The highest BCUT2D eigenvalue weighted by Crippen LogP contribution is 2.47. The van der Waals surface area contributed by atoms with E-state index in [-0.39, 0.29) is 40.3 Å². The molecular weight excluding hydrogens is 461 g/mol. The molecule has 34 heavy (non-hydrogen) atoms. The highest BCUT2D eigenvalue weighted by molar-refractivity contribution is 6.33. The molecule has 2 aromatic rings. The zero-order valence-corrected chi connectivity index (χ0v) is 20.1. The van der Waals surface area contributed by atoms with Crippen LogP contribution in [-0.2, 0) is 4.79 Å². The van der Waals surface area contributed by atoms with E-state index in [2.05, 4.69) is 9.97 Å². The molecule has 3 N–H and O–H groups in total. The minimum atomic E-state index is -0.761. The molecule has 3 amide bonds. The van der Waals surface area contributed by atoms with Crippen LogP contribution in [0.4, 0.5) is 10.1 Å². The van der Waals surface area contributed by atoms with E-state index < -0.39 is 17.1 Å². The van der Waals surface area contributed by atoms with Gasteiger partial charge < -0.3 is 20.5 Å². The second kappa shape index (κ2) is 9.37. The molecular formula is C24H29ClFN5O3. The van der Waals surface area contributed by atoms with E-state index in [4.69, 9.17) is 17.3 Å². The van der Waals surface area contributed by atoms with Gasteiger partial charge in [-0.3, -0.25) is 14.4 Å². The van der Waals surface area contributed by atoms with Crippen LogP contribution in [0.2, 0.25) is 5.02 Å². The summed E-state index contributed by atoms with van der Waals surface area (Å²) in [5.74, 6) is -1.51. The Kier molecular flexibility index (Phi) is 6.66. The second-order valence-corrected chi connectivity index (χ2v) is 9.87. The summed E-state index contributed by atoms with van der Waals surface area (Å²) in [7, 11) is 0. The summed E-state index contributed by atoms with van der Waals surface area (Å²) >= 11 is 6.25. The molecule has 0 atom stereocenters. The highest BCUT2D eigenvalue weighted by Gasteiger charge is 2.48. The molecule has 10 heteroatoms. The normalized spacial score (nSPS) is 22.9. The van der Waals surface area contributed by atoms with E-state index in [1.54, 1.807) is 15.9 Å². The van der Waals surface area contributed by atoms with Crippen LogP contribution in [0.5, 0.6) is 0 Å². The highest BCUT2D eigenvalue weighted by atomic mass is 35.5. The Morgan fingerprint density at radius 2 is 2.00 bits per heavy atom. The number of carbonyl (C=O) groups excluding carboxylic acids is 3. The van der Waals surface area contributed by atoms with Crippen LogP contribution in [0, 0.1) is 11.2 Å². The molecule has 1 saturated heterocycles. The zero-order valence-electron chi connectivity index (χ0n) is 19.3. The van der Waals surface area contributed by atoms with Gasteiger partial charge in [-0.15, -0.1) is 0 Å². The van der Waals surface area contributed by atoms with Crippen molar-refractivity contribution in [3.05, 3.63) is 46.8 Å². The van der Waals surface area contributed by atoms with E-state index in [0.29, 0.717) is 37.9 Å². The number of nitrogens with one attached hydrogen (secondary N) is 1. The number of piperidine rings is 1. The third kappa shape index (κ3) is 4.29. The summed E-state index contributed by atoms with van der Waals surface area (Å²) in [6.45, 7) is 4.39. The fraction of sp³-hybridized carbons (Fsp3) is 0.500. The summed E-state index contributed by atoms with van der Waals surface area (Å²) in [5.41, 5.74) is 5.40. The van der Waals surface area contributed by atoms with E-state index in [1.165, 1.54) is 18.5 Å². The molecule has 0 unspecified atom stereocenters. The summed E-state index contributed by atoms with van der Waals surface area (Å²) in [6.07, 6.45) is 5.46. The van der Waals surface area contributed by atoms with Gasteiger partial charge in [0.25, 0.3) is 11.8 Å². The van der Waals surface area contributed by atoms with E-state index >= 15 is 0 Å². The predicted octanol–water partition coefficient (Wildman–Crippen LogP) is 3.91. The Hall–Kier alpha value is -2.94. The van der Waals surface area contributed by atoms with Gasteiger partial charge in [0.1, 0.15) is 11.5 Å². The molecule has 1 aromatic heterocycles. The van der Waals surface area contributed by atoms with Crippen LogP contribution in [0.15, 0.2) is 24.5 Å². The van der Waals surface area contributed by atoms with Crippen molar-refractivity contribution in [2.75, 3.05) is 11.4 Å². The lowest BCUT2D eigenvalue weighted by atomic mass is 9.67. The lowest BCUT2D eigenvalue weighted by Crippen LogP contribution is -2.54. The number of nitrogens with two attached hydrogens (primary N) is 1. The van der Waals surface area contributed by atoms with Gasteiger partial charge in [0.05, 0.1) is 17.0 Å². The van der Waals surface area contributed by atoms with E-state index in [9.17, 15) is 18.8 Å². The number of benzene rings is 1. The maximum absolute atomic E-state index is 13.6. The van der Waals surface area contributed by atoms with Crippen LogP contribution < -0.4 is 10.6 Å². The number of hydrogen-bond acceptors (Lipinski definition) is 4. The second-order valence-electron chi connectivity index (χ2n) is 9.46. The average molecular weight is 490 g/mol. The fourth-order valence-corrected chi connectivity index (χ4v) is 5.76. The Morgan fingerprint density at radius 1 is 1.29 bits per heavy atom. The number of primary amides is 1. The number of rotatable bonds is 5. The molecule has 4 rings (SSSR count). The van der Waals surface area contributed by atoms with Crippen LogP contribution in [0.25, 0.3) is 0 Å². The van der Waals surface area contributed by atoms with Crippen molar-refractivity contribution < 1.29 is 18.8 Å². The van der Waals surface area contributed by atoms with E-state index in [0.717, 1.165) is 12.8 Å². The number of hydrogen-bond donors (Lipinski definition) is 2. The lowest BCUT2D eigenvalue weighted by Gasteiger charge is -2.48. The smallest absolute Gasteiger partial charge is 0.273 e. The van der Waals surface area contributed by atoms with Crippen LogP contribution in [-0.4, -0.2) is 51.2 Å². The van der Waals surface area contributed by atoms with Gasteiger partial charge in [0.15, 0.2) is 5.69 Å². The number of halogens is 2. The molecule has 2 fully saturated rings. The molecule has 1 aromatic carbocycles. The molecule has 2 aliphatic rings. The molecule has 1 aliphatic heterocycles. The largest absolute Gasteiger partial charge is 0.364 e. The summed E-state index contributed by atoms with van der Waals surface area (Å²) in [6, 6.07) is 3.89. The van der Waals surface area contributed by atoms with Crippen LogP contribution >= 0.6 is 11.6 Å². The number of aromatic amines is 1. The number of aromatic nitrogens is 2. The Morgan fingerprint density at radius 3 is 2.62 bits per heavy atom. The first kappa shape index (κ1) is 24.2. The first-order valence-corrected chi connectivity index (χ1v) is 12.0. The van der Waals surface area contributed by atoms with Gasteiger partial charge in [-0.1, -0.05) is 11.6 Å². The Labute approximate surface area is 202 Å². The maximum atomic E-state index is 13.6. The van der Waals surface area contributed by atoms with Gasteiger partial charge in [-0.25, -0.2) is 9.37 Å². The Bertz CT molecular complexity index is 1110. The predicted molar refractivity (Wildman–Crippen MR) is 126 cm³/mol. The molecule has 0 radical (unpaired) electrons. The van der Waals surface area contributed by atoms with Crippen molar-refractivity contribution in [2.24, 2.45) is 11.1 Å². The standard InChI is InChI=1S/C24H29ClFN5O3/c1-14(2)31(22(33)20-19(21(27)32)28-13-29-20)16-6-9-24(10-7-16)8-3-11-30(23(24)34)18-5-4-15(26)12-17(18)25/h4-5,12-14,16H,3,6-11H2,1-2H3,(H2,27,32)(H,28,29). The van der Waals surface area contributed by atoms with Crippen molar-refractivity contribution in [1.82, 2.24) is 14.9 Å². The summed E-state index contributed by atoms with van der Waals surface area (Å²) < 4.78 is 13.5. The number of anilines is 1. The van der Waals surface area contributed by atoms with Crippen molar-refractivity contribution in [2.45, 2.75) is 64.5 Å². The van der Waals surface area contributed by atoms with Gasteiger partial charge >= 0.3 is 0 Å². The minimum Gasteiger partial charge on any atom is -0.364 e. The third-order valence-electron chi connectivity index (χ3n) is 7.12. The number of amides is 3. The monoisotopic (exact) mass is 489 g/mol. The molecule has 1 spiro atoms. The average Bonchev–Trinajstić information content (AvgIpc) is 3.28.